The first-order chi connectivity index (χ1) is 16.7. The Morgan fingerprint density at radius 3 is 2.17 bits per heavy atom. The Labute approximate surface area is 219 Å². The number of nitrogens with one attached hydrogen (secondary N) is 2. The highest BCUT2D eigenvalue weighted by atomic mass is 35.5. The molecule has 2 aromatic rings. The van der Waals surface area contributed by atoms with Crippen LogP contribution in [0.4, 0.5) is 13.2 Å². The van der Waals surface area contributed by atoms with Crippen LogP contribution in [0, 0.1) is 0 Å². The highest BCUT2D eigenvalue weighted by Gasteiger charge is 2.28. The molecule has 0 aromatic heterocycles. The van der Waals surface area contributed by atoms with E-state index in [4.69, 9.17) is 43.2 Å². The maximum atomic E-state index is 10.5. The molecule has 2 rings (SSSR count). The summed E-state index contributed by atoms with van der Waals surface area (Å²) in [7, 11) is 8.08. The van der Waals surface area contributed by atoms with Gasteiger partial charge in [-0.1, -0.05) is 29.8 Å². The van der Waals surface area contributed by atoms with E-state index in [1.165, 1.54) is 5.56 Å². The molecule has 0 unspecified atom stereocenters. The van der Waals surface area contributed by atoms with Crippen molar-refractivity contribution in [2.75, 3.05) is 47.9 Å². The van der Waals surface area contributed by atoms with Gasteiger partial charge in [0.25, 0.3) is 0 Å². The summed E-state index contributed by atoms with van der Waals surface area (Å²) in [5, 5.41) is 16.6. The topological polar surface area (TPSA) is 82.6 Å². The fraction of sp³-hybridized carbons (Fsp3) is 0.417. The van der Waals surface area contributed by atoms with Gasteiger partial charge in [0, 0.05) is 18.1 Å². The molecule has 0 saturated carbocycles. The zero-order chi connectivity index (χ0) is 27.4. The van der Waals surface area contributed by atoms with Crippen molar-refractivity contribution in [1.82, 2.24) is 10.6 Å². The van der Waals surface area contributed by atoms with Gasteiger partial charge in [0.15, 0.2) is 16.6 Å². The van der Waals surface area contributed by atoms with E-state index < -0.39 is 12.1 Å². The highest BCUT2D eigenvalue weighted by Crippen LogP contribution is 2.28. The van der Waals surface area contributed by atoms with Crippen molar-refractivity contribution in [3.63, 3.8) is 0 Å². The maximum absolute atomic E-state index is 10.5. The van der Waals surface area contributed by atoms with E-state index in [9.17, 15) is 13.2 Å². The molecule has 0 aliphatic carbocycles. The summed E-state index contributed by atoms with van der Waals surface area (Å²) in [5.74, 6) is -1.52. The van der Waals surface area contributed by atoms with E-state index in [0.717, 1.165) is 46.1 Å². The van der Waals surface area contributed by atoms with Crippen molar-refractivity contribution in [2.45, 2.75) is 19.1 Å². The first-order valence-corrected chi connectivity index (χ1v) is 11.6. The largest absolute Gasteiger partial charge is 0.542 e. The zero-order valence-corrected chi connectivity index (χ0v) is 22.1. The molecule has 7 nitrogen and oxygen atoms in total. The van der Waals surface area contributed by atoms with E-state index in [0.29, 0.717) is 18.3 Å². The number of carboxylic acid groups (broad SMARTS) is 1. The summed E-state index contributed by atoms with van der Waals surface area (Å²) in [4.78, 5) is 8.78. The zero-order valence-electron chi connectivity index (χ0n) is 20.6. The molecule has 0 heterocycles. The van der Waals surface area contributed by atoms with Crippen LogP contribution in [-0.4, -0.2) is 69.7 Å². The number of hydrogen-bond donors (Lipinski definition) is 2. The van der Waals surface area contributed by atoms with Crippen molar-refractivity contribution in [3.05, 3.63) is 58.6 Å². The summed E-state index contributed by atoms with van der Waals surface area (Å²) in [6.07, 6.45) is -4.31. The number of alkyl halides is 3. The quantitative estimate of drug-likeness (QED) is 0.348. The Kier molecular flexibility index (Phi) is 12.8. The Bertz CT molecular complexity index is 984. The average Bonchev–Trinajstić information content (AvgIpc) is 2.78. The van der Waals surface area contributed by atoms with Crippen LogP contribution in [0.1, 0.15) is 11.1 Å². The number of nitrogens with zero attached hydrogens (tertiary/aromatic N) is 1. The number of quaternary nitrogens is 1. The first kappa shape index (κ1) is 31.3. The highest BCUT2D eigenvalue weighted by molar-refractivity contribution is 7.80. The Balaban J connectivity index is 0.000000809. The molecular formula is C24H31ClF3N3O4S. The lowest BCUT2D eigenvalue weighted by atomic mass is 10.1. The van der Waals surface area contributed by atoms with Crippen LogP contribution in [0.5, 0.6) is 11.5 Å². The number of hydrogen-bond acceptors (Lipinski definition) is 5. The molecule has 0 aliphatic rings. The predicted molar refractivity (Wildman–Crippen MR) is 135 cm³/mol. The molecule has 200 valence electrons. The number of ether oxygens (including phenoxy) is 2. The molecular weight excluding hydrogens is 519 g/mol. The number of carbonyl (C=O) groups is 1. The lowest BCUT2D eigenvalue weighted by Crippen LogP contribution is -2.38. The minimum atomic E-state index is -5.19. The second-order valence-electron chi connectivity index (χ2n) is 8.62. The number of thiocarbonyl (C=S) groups is 1. The molecule has 36 heavy (non-hydrogen) atoms. The second kappa shape index (κ2) is 14.7. The van der Waals surface area contributed by atoms with Crippen LogP contribution in [-0.2, 0) is 17.8 Å². The van der Waals surface area contributed by atoms with Gasteiger partial charge in [-0.25, -0.2) is 0 Å². The monoisotopic (exact) mass is 549 g/mol. The van der Waals surface area contributed by atoms with Gasteiger partial charge in [-0.05, 0) is 54.0 Å². The Morgan fingerprint density at radius 2 is 1.64 bits per heavy atom. The second-order valence-corrected chi connectivity index (χ2v) is 9.46. The molecule has 0 spiro atoms. The summed E-state index contributed by atoms with van der Waals surface area (Å²) in [6.45, 7) is 2.93. The first-order valence-electron chi connectivity index (χ1n) is 10.9. The predicted octanol–water partition coefficient (Wildman–Crippen LogP) is 2.94. The lowest BCUT2D eigenvalue weighted by Gasteiger charge is -2.24. The molecule has 12 heteroatoms. The average molecular weight is 550 g/mol. The number of carboxylic acids is 1. The van der Waals surface area contributed by atoms with Crippen LogP contribution in [0.15, 0.2) is 42.5 Å². The van der Waals surface area contributed by atoms with Gasteiger partial charge in [0.05, 0.1) is 28.3 Å². The van der Waals surface area contributed by atoms with Gasteiger partial charge >= 0.3 is 6.18 Å². The van der Waals surface area contributed by atoms with E-state index in [1.54, 1.807) is 7.11 Å². The van der Waals surface area contributed by atoms with Crippen molar-refractivity contribution in [1.29, 1.82) is 0 Å². The van der Waals surface area contributed by atoms with Crippen molar-refractivity contribution >= 4 is 34.9 Å². The molecule has 0 amide bonds. The fourth-order valence-electron chi connectivity index (χ4n) is 2.59. The van der Waals surface area contributed by atoms with Gasteiger partial charge in [-0.15, -0.1) is 0 Å². The minimum absolute atomic E-state index is 0.613. The molecule has 0 fully saturated rings. The standard InChI is InChI=1S/C22H30ClN3O2S.C2HF3O2/c1-26(2,3)13-14-28-20-10-7-18(15-21(20)27-4)16-25-22(29)24-12-11-17-5-8-19(23)9-6-17;3-2(4,5)1(6)7/h5-10,15H,11-14,16H2,1-4H3,(H-,24,25,29);(H,6,7). The summed E-state index contributed by atoms with van der Waals surface area (Å²) >= 11 is 11.3. The number of likely N-dealkylation sites (N-methyl/N-ethyl adjacent to an activating group) is 1. The normalized spacial score (nSPS) is 11.1. The van der Waals surface area contributed by atoms with Crippen LogP contribution in [0.2, 0.25) is 5.02 Å². The van der Waals surface area contributed by atoms with Gasteiger partial charge in [-0.2, -0.15) is 13.2 Å². The van der Waals surface area contributed by atoms with Crippen LogP contribution in [0.3, 0.4) is 0 Å². The smallest absolute Gasteiger partial charge is 0.430 e. The summed E-state index contributed by atoms with van der Waals surface area (Å²) < 4.78 is 43.8. The van der Waals surface area contributed by atoms with E-state index in [2.05, 4.69) is 31.8 Å². The van der Waals surface area contributed by atoms with E-state index in [1.807, 2.05) is 42.5 Å². The molecule has 0 saturated heterocycles. The van der Waals surface area contributed by atoms with Gasteiger partial charge in [-0.3, -0.25) is 0 Å². The number of rotatable bonds is 10. The fourth-order valence-corrected chi connectivity index (χ4v) is 2.89. The van der Waals surface area contributed by atoms with Crippen LogP contribution < -0.4 is 25.2 Å². The minimum Gasteiger partial charge on any atom is -0.542 e. The maximum Gasteiger partial charge on any atom is 0.430 e. The molecule has 2 N–H and O–H groups in total. The van der Waals surface area contributed by atoms with Crippen LogP contribution >= 0.6 is 23.8 Å². The third-order valence-corrected chi connectivity index (χ3v) is 5.09. The number of halogens is 4. The van der Waals surface area contributed by atoms with Crippen LogP contribution in [0.25, 0.3) is 0 Å². The van der Waals surface area contributed by atoms with Gasteiger partial charge in [0.2, 0.25) is 0 Å². The Morgan fingerprint density at radius 1 is 1.06 bits per heavy atom. The molecule has 0 radical (unpaired) electrons. The van der Waals surface area contributed by atoms with Gasteiger partial charge < -0.3 is 34.5 Å². The SMILES string of the molecule is COc1cc(CNC(=S)NCCc2ccc(Cl)cc2)ccc1OCC[N+](C)(C)C.O=C([O-])C(F)(F)F. The summed E-state index contributed by atoms with van der Waals surface area (Å²) in [5.41, 5.74) is 2.29. The number of methoxy groups -OCH3 is 1. The molecule has 0 aliphatic heterocycles. The van der Waals surface area contributed by atoms with Crippen molar-refractivity contribution < 1.29 is 37.0 Å². The van der Waals surface area contributed by atoms with E-state index >= 15 is 0 Å². The molecule has 2 aromatic carbocycles. The van der Waals surface area contributed by atoms with Gasteiger partial charge in [0.1, 0.15) is 19.1 Å². The third kappa shape index (κ3) is 13.4. The van der Waals surface area contributed by atoms with E-state index in [-0.39, 0.29) is 0 Å². The number of benzene rings is 2. The summed E-state index contributed by atoms with van der Waals surface area (Å²) in [6, 6.07) is 13.8. The number of carbonyl (C=O) groups excluding carboxylic acids is 1. The molecule has 0 atom stereocenters. The molecule has 0 bridgehead atoms. The van der Waals surface area contributed by atoms with Crippen molar-refractivity contribution in [2.24, 2.45) is 0 Å². The van der Waals surface area contributed by atoms with Crippen molar-refractivity contribution in [3.8, 4) is 11.5 Å². The lowest BCUT2D eigenvalue weighted by molar-refractivity contribution is -0.870. The number of aliphatic carboxylic acids is 1. The third-order valence-electron chi connectivity index (χ3n) is 4.54. The Hall–Kier alpha value is -2.76.